The molecule has 106 valence electrons. The van der Waals surface area contributed by atoms with Crippen molar-refractivity contribution < 1.29 is 9.15 Å². The van der Waals surface area contributed by atoms with E-state index >= 15 is 0 Å². The van der Waals surface area contributed by atoms with Gasteiger partial charge < -0.3 is 9.15 Å². The lowest BCUT2D eigenvalue weighted by atomic mass is 10.1. The van der Waals surface area contributed by atoms with Crippen molar-refractivity contribution in [1.82, 2.24) is 15.2 Å². The quantitative estimate of drug-likeness (QED) is 0.718. The maximum absolute atomic E-state index is 5.58. The highest BCUT2D eigenvalue weighted by Crippen LogP contribution is 2.19. The first-order valence-corrected chi connectivity index (χ1v) is 6.80. The summed E-state index contributed by atoms with van der Waals surface area (Å²) in [5, 5.41) is 7.79. The largest absolute Gasteiger partial charge is 0.482 e. The highest BCUT2D eigenvalue weighted by molar-refractivity contribution is 5.58. The van der Waals surface area contributed by atoms with E-state index in [9.17, 15) is 0 Å². The topological polar surface area (TPSA) is 61.0 Å². The number of rotatable bonds is 5. The average Bonchev–Trinajstić information content (AvgIpc) is 3.02. The summed E-state index contributed by atoms with van der Waals surface area (Å²) in [5.41, 5.74) is 1.99. The van der Waals surface area contributed by atoms with E-state index < -0.39 is 0 Å². The third-order valence-electron chi connectivity index (χ3n) is 2.98. The van der Waals surface area contributed by atoms with Gasteiger partial charge in [0.15, 0.2) is 6.61 Å². The number of pyridine rings is 1. The Morgan fingerprint density at radius 2 is 1.81 bits per heavy atom. The predicted octanol–water partition coefficient (Wildman–Crippen LogP) is 3.27. The minimum Gasteiger partial charge on any atom is -0.482 e. The minimum atomic E-state index is 0.249. The van der Waals surface area contributed by atoms with Crippen LogP contribution in [0.2, 0.25) is 0 Å². The lowest BCUT2D eigenvalue weighted by Crippen LogP contribution is -1.96. The highest BCUT2D eigenvalue weighted by atomic mass is 16.5. The van der Waals surface area contributed by atoms with Gasteiger partial charge in [0.25, 0.3) is 5.89 Å². The highest BCUT2D eigenvalue weighted by Gasteiger charge is 2.05. The summed E-state index contributed by atoms with van der Waals surface area (Å²) >= 11 is 0. The van der Waals surface area contributed by atoms with E-state index in [0.29, 0.717) is 17.5 Å². The van der Waals surface area contributed by atoms with Crippen molar-refractivity contribution in [3.63, 3.8) is 0 Å². The fraction of sp³-hybridized carbons (Fsp3) is 0.188. The van der Waals surface area contributed by atoms with Crippen LogP contribution in [0.1, 0.15) is 18.7 Å². The smallest absolute Gasteiger partial charge is 0.253 e. The molecule has 21 heavy (non-hydrogen) atoms. The van der Waals surface area contributed by atoms with E-state index in [1.54, 1.807) is 6.20 Å². The zero-order valence-corrected chi connectivity index (χ0v) is 11.7. The summed E-state index contributed by atoms with van der Waals surface area (Å²) in [6.45, 7) is 2.21. The fourth-order valence-electron chi connectivity index (χ4n) is 1.88. The normalized spacial score (nSPS) is 10.5. The fourth-order valence-corrected chi connectivity index (χ4v) is 1.88. The molecule has 0 aliphatic rings. The minimum absolute atomic E-state index is 0.249. The molecule has 2 aromatic heterocycles. The number of nitrogens with zero attached hydrogens (tertiary/aromatic N) is 3. The maximum Gasteiger partial charge on any atom is 0.253 e. The number of aryl methyl sites for hydroxylation is 1. The Hall–Kier alpha value is -2.69. The van der Waals surface area contributed by atoms with Crippen LogP contribution in [-0.2, 0) is 13.0 Å². The van der Waals surface area contributed by atoms with Crippen LogP contribution in [0.4, 0.5) is 0 Å². The Morgan fingerprint density at radius 1 is 1.00 bits per heavy atom. The van der Waals surface area contributed by atoms with Crippen molar-refractivity contribution in [2.45, 2.75) is 20.0 Å². The van der Waals surface area contributed by atoms with Crippen molar-refractivity contribution >= 4 is 0 Å². The van der Waals surface area contributed by atoms with Crippen molar-refractivity contribution in [2.75, 3.05) is 0 Å². The van der Waals surface area contributed by atoms with Crippen LogP contribution in [0, 0.1) is 0 Å². The summed E-state index contributed by atoms with van der Waals surface area (Å²) in [6, 6.07) is 13.8. The molecule has 0 saturated heterocycles. The Balaban J connectivity index is 1.64. The summed E-state index contributed by atoms with van der Waals surface area (Å²) in [7, 11) is 0. The van der Waals surface area contributed by atoms with Crippen LogP contribution in [0.5, 0.6) is 5.75 Å². The molecule has 0 bridgehead atoms. The second-order valence-corrected chi connectivity index (χ2v) is 4.48. The summed E-state index contributed by atoms with van der Waals surface area (Å²) in [5.74, 6) is 1.76. The molecule has 0 spiro atoms. The van der Waals surface area contributed by atoms with Crippen molar-refractivity contribution in [3.05, 3.63) is 60.4 Å². The Morgan fingerprint density at radius 3 is 2.48 bits per heavy atom. The number of ether oxygens (including phenoxy) is 1. The van der Waals surface area contributed by atoms with Gasteiger partial charge in [-0.25, -0.2) is 0 Å². The van der Waals surface area contributed by atoms with Gasteiger partial charge in [0.05, 0.1) is 11.9 Å². The number of aromatic nitrogens is 3. The van der Waals surface area contributed by atoms with Gasteiger partial charge in [0, 0.05) is 12.0 Å². The van der Waals surface area contributed by atoms with Gasteiger partial charge in [0.2, 0.25) is 5.89 Å². The molecule has 5 nitrogen and oxygen atoms in total. The molecule has 0 aliphatic heterocycles. The van der Waals surface area contributed by atoms with E-state index in [1.165, 1.54) is 0 Å². The van der Waals surface area contributed by atoms with E-state index in [1.807, 2.05) is 49.4 Å². The van der Waals surface area contributed by atoms with Crippen LogP contribution < -0.4 is 4.74 Å². The van der Waals surface area contributed by atoms with Crippen LogP contribution in [-0.4, -0.2) is 15.2 Å². The number of hydrogen-bond acceptors (Lipinski definition) is 5. The molecule has 3 rings (SSSR count). The van der Waals surface area contributed by atoms with Gasteiger partial charge in [0.1, 0.15) is 5.75 Å². The monoisotopic (exact) mass is 281 g/mol. The Bertz CT molecular complexity index is 693. The maximum atomic E-state index is 5.58. The van der Waals surface area contributed by atoms with E-state index in [4.69, 9.17) is 9.15 Å². The summed E-state index contributed by atoms with van der Waals surface area (Å²) in [4.78, 5) is 4.39. The molecule has 0 N–H and O–H groups in total. The van der Waals surface area contributed by atoms with Gasteiger partial charge in [-0.1, -0.05) is 37.3 Å². The molecular weight excluding hydrogens is 266 g/mol. The molecule has 0 unspecified atom stereocenters. The Kier molecular flexibility index (Phi) is 3.91. The van der Waals surface area contributed by atoms with Crippen LogP contribution in [0.3, 0.4) is 0 Å². The first-order valence-electron chi connectivity index (χ1n) is 6.80. The molecule has 0 saturated carbocycles. The molecule has 5 heteroatoms. The van der Waals surface area contributed by atoms with Crippen LogP contribution in [0.15, 0.2) is 53.1 Å². The molecule has 0 amide bonds. The molecule has 2 heterocycles. The standard InChI is InChI=1S/C16H15N3O2/c1-2-15-18-19-16(21-15)11-20-13-8-9-14(17-10-13)12-6-4-3-5-7-12/h3-10H,2,11H2,1H3. The third-order valence-corrected chi connectivity index (χ3v) is 2.98. The van der Waals surface area contributed by atoms with Crippen molar-refractivity contribution in [3.8, 4) is 17.0 Å². The SMILES string of the molecule is CCc1nnc(COc2ccc(-c3ccccc3)nc2)o1. The van der Waals surface area contributed by atoms with Gasteiger partial charge in [-0.05, 0) is 12.1 Å². The third kappa shape index (κ3) is 3.25. The average molecular weight is 281 g/mol. The first kappa shape index (κ1) is 13.3. The van der Waals surface area contributed by atoms with Crippen LogP contribution in [0.25, 0.3) is 11.3 Å². The second-order valence-electron chi connectivity index (χ2n) is 4.48. The summed E-state index contributed by atoms with van der Waals surface area (Å²) in [6.07, 6.45) is 2.42. The molecule has 0 atom stereocenters. The zero-order valence-electron chi connectivity index (χ0n) is 11.7. The lowest BCUT2D eigenvalue weighted by molar-refractivity contribution is 0.258. The molecule has 1 aromatic carbocycles. The van der Waals surface area contributed by atoms with Gasteiger partial charge >= 0.3 is 0 Å². The second kappa shape index (κ2) is 6.17. The lowest BCUT2D eigenvalue weighted by Gasteiger charge is -2.04. The van der Waals surface area contributed by atoms with Crippen molar-refractivity contribution in [1.29, 1.82) is 0 Å². The van der Waals surface area contributed by atoms with E-state index in [0.717, 1.165) is 17.7 Å². The van der Waals surface area contributed by atoms with Crippen LogP contribution >= 0.6 is 0 Å². The molecule has 0 aliphatic carbocycles. The van der Waals surface area contributed by atoms with Crippen molar-refractivity contribution in [2.24, 2.45) is 0 Å². The van der Waals surface area contributed by atoms with Gasteiger partial charge in [-0.3, -0.25) is 4.98 Å². The zero-order chi connectivity index (χ0) is 14.5. The molecule has 0 radical (unpaired) electrons. The Labute approximate surface area is 122 Å². The molecular formula is C16H15N3O2. The number of hydrogen-bond donors (Lipinski definition) is 0. The first-order chi connectivity index (χ1) is 10.3. The molecule has 3 aromatic rings. The predicted molar refractivity (Wildman–Crippen MR) is 77.7 cm³/mol. The summed E-state index contributed by atoms with van der Waals surface area (Å²) < 4.78 is 11.0. The number of benzene rings is 1. The van der Waals surface area contributed by atoms with Gasteiger partial charge in [-0.15, -0.1) is 10.2 Å². The van der Waals surface area contributed by atoms with E-state index in [-0.39, 0.29) is 6.61 Å². The van der Waals surface area contributed by atoms with Gasteiger partial charge in [-0.2, -0.15) is 0 Å². The van der Waals surface area contributed by atoms with E-state index in [2.05, 4.69) is 15.2 Å². The molecule has 0 fully saturated rings.